The Morgan fingerprint density at radius 1 is 1.04 bits per heavy atom. The molecule has 0 unspecified atom stereocenters. The van der Waals surface area contributed by atoms with Crippen molar-refractivity contribution in [2.75, 3.05) is 0 Å². The van der Waals surface area contributed by atoms with Crippen LogP contribution in [0.5, 0.6) is 0 Å². The Labute approximate surface area is 138 Å². The van der Waals surface area contributed by atoms with Crippen LogP contribution in [0.4, 0.5) is 4.39 Å². The van der Waals surface area contributed by atoms with Crippen LogP contribution >= 0.6 is 0 Å². The summed E-state index contributed by atoms with van der Waals surface area (Å²) in [5.74, 6) is -0.214. The monoisotopic (exact) mass is 306 g/mol. The smallest absolute Gasteiger partial charge is 0.123 e. The lowest BCUT2D eigenvalue weighted by molar-refractivity contribution is 0.627. The molecular weight excluding hydrogens is 283 g/mol. The van der Waals surface area contributed by atoms with E-state index in [1.165, 1.54) is 17.2 Å². The molecule has 0 radical (unpaired) electrons. The van der Waals surface area contributed by atoms with Crippen molar-refractivity contribution in [1.82, 2.24) is 0 Å². The largest absolute Gasteiger partial charge is 0.207 e. The molecule has 0 atom stereocenters. The van der Waals surface area contributed by atoms with Crippen LogP contribution in [0, 0.1) is 19.7 Å². The molecule has 0 spiro atoms. The van der Waals surface area contributed by atoms with Gasteiger partial charge in [-0.05, 0) is 66.7 Å². The van der Waals surface area contributed by atoms with Gasteiger partial charge in [-0.25, -0.2) is 4.39 Å². The summed E-state index contributed by atoms with van der Waals surface area (Å²) in [6, 6.07) is 13.2. The van der Waals surface area contributed by atoms with Crippen molar-refractivity contribution in [2.45, 2.75) is 26.7 Å². The number of hydrogen-bond donors (Lipinski definition) is 0. The number of hydrogen-bond acceptors (Lipinski definition) is 0. The van der Waals surface area contributed by atoms with Gasteiger partial charge in [0.15, 0.2) is 0 Å². The average Bonchev–Trinajstić information content (AvgIpc) is 2.55. The van der Waals surface area contributed by atoms with Crippen molar-refractivity contribution in [3.63, 3.8) is 0 Å². The van der Waals surface area contributed by atoms with E-state index in [1.54, 1.807) is 12.1 Å². The number of halogens is 1. The number of benzene rings is 2. The third kappa shape index (κ3) is 4.79. The molecule has 2 aromatic carbocycles. The van der Waals surface area contributed by atoms with E-state index in [-0.39, 0.29) is 5.82 Å². The SMILES string of the molecule is C=C/C(=C/c1cc(F)ccc1C)CCC(=C)c1ccc(C)cc1. The van der Waals surface area contributed by atoms with E-state index in [0.717, 1.165) is 35.1 Å². The minimum absolute atomic E-state index is 0.214. The minimum atomic E-state index is -0.214. The van der Waals surface area contributed by atoms with Gasteiger partial charge < -0.3 is 0 Å². The highest BCUT2D eigenvalue weighted by Crippen LogP contribution is 2.23. The van der Waals surface area contributed by atoms with Crippen LogP contribution in [0.2, 0.25) is 0 Å². The van der Waals surface area contributed by atoms with Crippen LogP contribution in [0.1, 0.15) is 35.1 Å². The molecule has 0 N–H and O–H groups in total. The van der Waals surface area contributed by atoms with Gasteiger partial charge in [0.05, 0.1) is 0 Å². The quantitative estimate of drug-likeness (QED) is 0.534. The molecule has 23 heavy (non-hydrogen) atoms. The Kier molecular flexibility index (Phi) is 5.70. The van der Waals surface area contributed by atoms with E-state index in [4.69, 9.17) is 0 Å². The summed E-state index contributed by atoms with van der Waals surface area (Å²) >= 11 is 0. The Morgan fingerprint density at radius 3 is 2.39 bits per heavy atom. The maximum Gasteiger partial charge on any atom is 0.123 e. The molecule has 0 nitrogen and oxygen atoms in total. The summed E-state index contributed by atoms with van der Waals surface area (Å²) in [6.07, 6.45) is 5.54. The maximum atomic E-state index is 13.4. The van der Waals surface area contributed by atoms with Crippen molar-refractivity contribution in [2.24, 2.45) is 0 Å². The molecule has 118 valence electrons. The zero-order chi connectivity index (χ0) is 16.8. The summed E-state index contributed by atoms with van der Waals surface area (Å²) in [7, 11) is 0. The summed E-state index contributed by atoms with van der Waals surface area (Å²) in [6.45, 7) is 12.1. The van der Waals surface area contributed by atoms with Crippen molar-refractivity contribution in [3.05, 3.63) is 95.3 Å². The predicted octanol–water partition coefficient (Wildman–Crippen LogP) is 6.51. The van der Waals surface area contributed by atoms with Gasteiger partial charge in [-0.15, -0.1) is 0 Å². The molecule has 0 aliphatic carbocycles. The Balaban J connectivity index is 2.09. The van der Waals surface area contributed by atoms with Gasteiger partial charge >= 0.3 is 0 Å². The normalized spacial score (nSPS) is 11.3. The molecule has 0 saturated heterocycles. The lowest BCUT2D eigenvalue weighted by Crippen LogP contribution is -1.88. The standard InChI is InChI=1S/C22H23F/c1-5-19(14-21-15-22(23)13-9-18(21)4)10-8-17(3)20-11-6-16(2)7-12-20/h5-7,9,11-15H,1,3,8,10H2,2,4H3/b19-14-. The van der Waals surface area contributed by atoms with Crippen molar-refractivity contribution in [3.8, 4) is 0 Å². The summed E-state index contributed by atoms with van der Waals surface area (Å²) < 4.78 is 13.4. The lowest BCUT2D eigenvalue weighted by atomic mass is 9.97. The number of rotatable bonds is 6. The highest BCUT2D eigenvalue weighted by atomic mass is 19.1. The first kappa shape index (κ1) is 17.0. The molecule has 2 aromatic rings. The summed E-state index contributed by atoms with van der Waals surface area (Å²) in [5.41, 5.74) is 6.57. The lowest BCUT2D eigenvalue weighted by Gasteiger charge is -2.08. The predicted molar refractivity (Wildman–Crippen MR) is 98.8 cm³/mol. The minimum Gasteiger partial charge on any atom is -0.207 e. The molecule has 0 saturated carbocycles. The third-order valence-electron chi connectivity index (χ3n) is 4.02. The van der Waals surface area contributed by atoms with Gasteiger partial charge in [0.1, 0.15) is 5.82 Å². The van der Waals surface area contributed by atoms with Crippen molar-refractivity contribution < 1.29 is 4.39 Å². The maximum absolute atomic E-state index is 13.4. The van der Waals surface area contributed by atoms with Crippen LogP contribution in [-0.4, -0.2) is 0 Å². The first-order chi connectivity index (χ1) is 11.0. The fourth-order valence-electron chi connectivity index (χ4n) is 2.43. The Morgan fingerprint density at radius 2 is 1.74 bits per heavy atom. The molecule has 0 bridgehead atoms. The van der Waals surface area contributed by atoms with Gasteiger partial charge in [0.2, 0.25) is 0 Å². The van der Waals surface area contributed by atoms with Crippen LogP contribution in [0.25, 0.3) is 11.6 Å². The molecular formula is C22H23F. The first-order valence-corrected chi connectivity index (χ1v) is 7.83. The van der Waals surface area contributed by atoms with Crippen LogP contribution < -0.4 is 0 Å². The topological polar surface area (TPSA) is 0 Å². The van der Waals surface area contributed by atoms with Crippen LogP contribution in [0.3, 0.4) is 0 Å². The van der Waals surface area contributed by atoms with Crippen LogP contribution in [-0.2, 0) is 0 Å². The van der Waals surface area contributed by atoms with E-state index in [2.05, 4.69) is 44.3 Å². The average molecular weight is 306 g/mol. The molecule has 0 aliphatic heterocycles. The summed E-state index contributed by atoms with van der Waals surface area (Å²) in [4.78, 5) is 0. The fraction of sp³-hybridized carbons (Fsp3) is 0.182. The van der Waals surface area contributed by atoms with Gasteiger partial charge in [-0.3, -0.25) is 0 Å². The highest BCUT2D eigenvalue weighted by Gasteiger charge is 2.03. The van der Waals surface area contributed by atoms with Crippen molar-refractivity contribution >= 4 is 11.6 Å². The molecule has 0 heterocycles. The second kappa shape index (κ2) is 7.73. The van der Waals surface area contributed by atoms with E-state index >= 15 is 0 Å². The van der Waals surface area contributed by atoms with Gasteiger partial charge in [0, 0.05) is 0 Å². The van der Waals surface area contributed by atoms with Gasteiger partial charge in [0.25, 0.3) is 0 Å². The molecule has 0 fully saturated rings. The van der Waals surface area contributed by atoms with Crippen LogP contribution in [0.15, 0.2) is 67.3 Å². The van der Waals surface area contributed by atoms with E-state index in [1.807, 2.05) is 19.1 Å². The molecule has 1 heteroatoms. The Hall–Kier alpha value is -2.41. The van der Waals surface area contributed by atoms with Crippen molar-refractivity contribution in [1.29, 1.82) is 0 Å². The summed E-state index contributed by atoms with van der Waals surface area (Å²) in [5, 5.41) is 0. The van der Waals surface area contributed by atoms with E-state index in [0.29, 0.717) is 0 Å². The third-order valence-corrected chi connectivity index (χ3v) is 4.02. The fourth-order valence-corrected chi connectivity index (χ4v) is 2.43. The second-order valence-corrected chi connectivity index (χ2v) is 5.89. The van der Waals surface area contributed by atoms with Gasteiger partial charge in [-0.2, -0.15) is 0 Å². The van der Waals surface area contributed by atoms with Gasteiger partial charge in [-0.1, -0.05) is 61.2 Å². The molecule has 2 rings (SSSR count). The molecule has 0 amide bonds. The zero-order valence-electron chi connectivity index (χ0n) is 13.9. The number of allylic oxidation sites excluding steroid dienone is 3. The number of aryl methyl sites for hydroxylation is 2. The molecule has 0 aromatic heterocycles. The van der Waals surface area contributed by atoms with E-state index in [9.17, 15) is 4.39 Å². The Bertz CT molecular complexity index is 733. The second-order valence-electron chi connectivity index (χ2n) is 5.89. The van der Waals surface area contributed by atoms with E-state index < -0.39 is 0 Å². The first-order valence-electron chi connectivity index (χ1n) is 7.83. The molecule has 0 aliphatic rings. The highest BCUT2D eigenvalue weighted by molar-refractivity contribution is 5.65. The zero-order valence-corrected chi connectivity index (χ0v) is 13.9.